The van der Waals surface area contributed by atoms with Gasteiger partial charge in [0, 0.05) is 11.9 Å². The maximum absolute atomic E-state index is 12.2. The smallest absolute Gasteiger partial charge is 0.308 e. The predicted molar refractivity (Wildman–Crippen MR) is 108 cm³/mol. The van der Waals surface area contributed by atoms with Crippen LogP contribution in [0.25, 0.3) is 0 Å². The molecule has 0 aliphatic rings. The van der Waals surface area contributed by atoms with Gasteiger partial charge in [0.2, 0.25) is 5.91 Å². The number of nitrogens with one attached hydrogen (secondary N) is 2. The van der Waals surface area contributed by atoms with E-state index in [-0.39, 0.29) is 44.2 Å². The Hall–Kier alpha value is -2.49. The Labute approximate surface area is 173 Å². The molecule has 1 aromatic carbocycles. The first-order valence-corrected chi connectivity index (χ1v) is 9.34. The molecule has 0 saturated heterocycles. The lowest BCUT2D eigenvalue weighted by molar-refractivity contribution is -0.143. The minimum absolute atomic E-state index is 0. The van der Waals surface area contributed by atoms with Crippen molar-refractivity contribution >= 4 is 41.5 Å². The first-order chi connectivity index (χ1) is 13.0. The van der Waals surface area contributed by atoms with Gasteiger partial charge in [-0.05, 0) is 12.5 Å². The van der Waals surface area contributed by atoms with E-state index in [2.05, 4.69) is 15.6 Å². The van der Waals surface area contributed by atoms with Crippen molar-refractivity contribution in [2.45, 2.75) is 25.9 Å². The van der Waals surface area contributed by atoms with Gasteiger partial charge < -0.3 is 21.1 Å². The Bertz CT molecular complexity index is 785. The molecule has 0 spiro atoms. The molecule has 1 unspecified atom stereocenters. The van der Waals surface area contributed by atoms with E-state index in [0.29, 0.717) is 5.01 Å². The van der Waals surface area contributed by atoms with Crippen LogP contribution in [-0.2, 0) is 20.9 Å². The van der Waals surface area contributed by atoms with Crippen LogP contribution >= 0.6 is 23.7 Å². The SMILES string of the molecule is CCOC(=O)CC(NC(=O)CNC(=O)c1csc(CN)n1)c1ccccc1.Cl. The Kier molecular flexibility index (Phi) is 10.1. The van der Waals surface area contributed by atoms with E-state index in [9.17, 15) is 14.4 Å². The van der Waals surface area contributed by atoms with Gasteiger partial charge in [-0.3, -0.25) is 14.4 Å². The highest BCUT2D eigenvalue weighted by Gasteiger charge is 2.20. The second-order valence-electron chi connectivity index (χ2n) is 5.55. The second-order valence-corrected chi connectivity index (χ2v) is 6.50. The van der Waals surface area contributed by atoms with Gasteiger partial charge in [0.15, 0.2) is 0 Å². The van der Waals surface area contributed by atoms with Crippen LogP contribution in [0.1, 0.15) is 40.4 Å². The summed E-state index contributed by atoms with van der Waals surface area (Å²) in [6.45, 7) is 2.01. The second kappa shape index (κ2) is 12.1. The molecule has 28 heavy (non-hydrogen) atoms. The number of carbonyl (C=O) groups excluding carboxylic acids is 3. The van der Waals surface area contributed by atoms with Crippen molar-refractivity contribution in [3.63, 3.8) is 0 Å². The summed E-state index contributed by atoms with van der Waals surface area (Å²) in [5.41, 5.74) is 6.47. The number of aromatic nitrogens is 1. The number of esters is 1. The van der Waals surface area contributed by atoms with E-state index in [1.54, 1.807) is 12.3 Å². The monoisotopic (exact) mass is 426 g/mol. The number of ether oxygens (including phenoxy) is 1. The topological polar surface area (TPSA) is 123 Å². The molecule has 0 bridgehead atoms. The molecular formula is C18H23ClN4O4S. The standard InChI is InChI=1S/C18H22N4O4S.ClH/c1-2-26-17(24)8-13(12-6-4-3-5-7-12)21-15(23)10-20-18(25)14-11-27-16(9-19)22-14;/h3-7,11,13H,2,8-10,19H2,1H3,(H,20,25)(H,21,23);1H. The fourth-order valence-corrected chi connectivity index (χ4v) is 2.98. The number of nitrogens with zero attached hydrogens (tertiary/aromatic N) is 1. The van der Waals surface area contributed by atoms with Crippen LogP contribution in [0, 0.1) is 0 Å². The molecule has 1 aromatic heterocycles. The van der Waals surface area contributed by atoms with Crippen LogP contribution in [0.3, 0.4) is 0 Å². The summed E-state index contributed by atoms with van der Waals surface area (Å²) in [5.74, 6) is -1.29. The van der Waals surface area contributed by atoms with Gasteiger partial charge in [0.25, 0.3) is 5.91 Å². The Balaban J connectivity index is 0.00000392. The number of hydrogen-bond acceptors (Lipinski definition) is 7. The fraction of sp³-hybridized carbons (Fsp3) is 0.333. The van der Waals surface area contributed by atoms with Gasteiger partial charge >= 0.3 is 5.97 Å². The van der Waals surface area contributed by atoms with Crippen molar-refractivity contribution in [1.29, 1.82) is 0 Å². The molecule has 0 radical (unpaired) electrons. The lowest BCUT2D eigenvalue weighted by Crippen LogP contribution is -2.39. The van der Waals surface area contributed by atoms with E-state index in [1.165, 1.54) is 11.3 Å². The number of nitrogens with two attached hydrogens (primary N) is 1. The molecule has 8 nitrogen and oxygen atoms in total. The largest absolute Gasteiger partial charge is 0.466 e. The molecule has 2 aromatic rings. The van der Waals surface area contributed by atoms with Gasteiger partial charge in [-0.1, -0.05) is 30.3 Å². The molecule has 0 saturated carbocycles. The first kappa shape index (κ1) is 23.5. The predicted octanol–water partition coefficient (Wildman–Crippen LogP) is 1.56. The summed E-state index contributed by atoms with van der Waals surface area (Å²) in [5, 5.41) is 7.49. The third-order valence-corrected chi connectivity index (χ3v) is 4.45. The lowest BCUT2D eigenvalue weighted by atomic mass is 10.0. The summed E-state index contributed by atoms with van der Waals surface area (Å²) in [7, 11) is 0. The van der Waals surface area contributed by atoms with Crippen LogP contribution in [0.15, 0.2) is 35.7 Å². The number of rotatable bonds is 9. The molecule has 10 heteroatoms. The third kappa shape index (κ3) is 7.26. The zero-order chi connectivity index (χ0) is 19.6. The summed E-state index contributed by atoms with van der Waals surface area (Å²) in [6, 6.07) is 8.56. The van der Waals surface area contributed by atoms with E-state index in [0.717, 1.165) is 5.56 Å². The van der Waals surface area contributed by atoms with Crippen LogP contribution in [-0.4, -0.2) is 35.9 Å². The van der Waals surface area contributed by atoms with E-state index < -0.39 is 23.8 Å². The lowest BCUT2D eigenvalue weighted by Gasteiger charge is -2.18. The molecule has 2 rings (SSSR count). The highest BCUT2D eigenvalue weighted by atomic mass is 35.5. The summed E-state index contributed by atoms with van der Waals surface area (Å²) < 4.78 is 4.97. The number of hydrogen-bond donors (Lipinski definition) is 3. The van der Waals surface area contributed by atoms with Crippen LogP contribution in [0.5, 0.6) is 0 Å². The average Bonchev–Trinajstić information content (AvgIpc) is 3.16. The Morgan fingerprint density at radius 2 is 1.96 bits per heavy atom. The van der Waals surface area contributed by atoms with Crippen molar-refractivity contribution in [3.05, 3.63) is 52.0 Å². The van der Waals surface area contributed by atoms with Crippen LogP contribution in [0.2, 0.25) is 0 Å². The summed E-state index contributed by atoms with van der Waals surface area (Å²) in [4.78, 5) is 40.2. The normalized spacial score (nSPS) is 11.1. The van der Waals surface area contributed by atoms with Gasteiger partial charge in [0.1, 0.15) is 10.7 Å². The molecule has 152 valence electrons. The van der Waals surface area contributed by atoms with Crippen molar-refractivity contribution < 1.29 is 19.1 Å². The van der Waals surface area contributed by atoms with Crippen LogP contribution in [0.4, 0.5) is 0 Å². The number of thiazole rings is 1. The number of carbonyl (C=O) groups is 3. The van der Waals surface area contributed by atoms with Crippen molar-refractivity contribution in [3.8, 4) is 0 Å². The Morgan fingerprint density at radius 3 is 2.57 bits per heavy atom. The maximum Gasteiger partial charge on any atom is 0.308 e. The van der Waals surface area contributed by atoms with Gasteiger partial charge in [-0.25, -0.2) is 4.98 Å². The summed E-state index contributed by atoms with van der Waals surface area (Å²) in [6.07, 6.45) is 0.00346. The van der Waals surface area contributed by atoms with Crippen molar-refractivity contribution in [1.82, 2.24) is 15.6 Å². The molecule has 0 aliphatic heterocycles. The maximum atomic E-state index is 12.2. The number of halogens is 1. The van der Waals surface area contributed by atoms with Crippen molar-refractivity contribution in [2.24, 2.45) is 5.73 Å². The minimum Gasteiger partial charge on any atom is -0.466 e. The molecular weight excluding hydrogens is 404 g/mol. The molecule has 1 atom stereocenters. The summed E-state index contributed by atoms with van der Waals surface area (Å²) >= 11 is 1.28. The van der Waals surface area contributed by atoms with Crippen LogP contribution < -0.4 is 16.4 Å². The fourth-order valence-electron chi connectivity index (χ4n) is 2.33. The molecule has 0 aliphatic carbocycles. The van der Waals surface area contributed by atoms with E-state index in [4.69, 9.17) is 10.5 Å². The molecule has 0 fully saturated rings. The molecule has 2 amide bonds. The van der Waals surface area contributed by atoms with Gasteiger partial charge in [-0.15, -0.1) is 23.7 Å². The zero-order valence-corrected chi connectivity index (χ0v) is 17.0. The third-order valence-electron chi connectivity index (χ3n) is 3.58. The van der Waals surface area contributed by atoms with E-state index >= 15 is 0 Å². The molecule has 1 heterocycles. The average molecular weight is 427 g/mol. The minimum atomic E-state index is -0.544. The highest BCUT2D eigenvalue weighted by molar-refractivity contribution is 7.09. The number of benzene rings is 1. The van der Waals surface area contributed by atoms with Crippen molar-refractivity contribution in [2.75, 3.05) is 13.2 Å². The van der Waals surface area contributed by atoms with Gasteiger partial charge in [-0.2, -0.15) is 0 Å². The first-order valence-electron chi connectivity index (χ1n) is 8.46. The molecule has 4 N–H and O–H groups in total. The van der Waals surface area contributed by atoms with E-state index in [1.807, 2.05) is 30.3 Å². The highest BCUT2D eigenvalue weighted by Crippen LogP contribution is 2.17. The number of amides is 2. The Morgan fingerprint density at radius 1 is 1.25 bits per heavy atom. The van der Waals surface area contributed by atoms with Gasteiger partial charge in [0.05, 0.1) is 25.6 Å². The quantitative estimate of drug-likeness (QED) is 0.523. The zero-order valence-electron chi connectivity index (χ0n) is 15.3.